The van der Waals surface area contributed by atoms with Crippen LogP contribution in [0.3, 0.4) is 0 Å². The molecule has 148 valence electrons. The topological polar surface area (TPSA) is 68.1 Å². The van der Waals surface area contributed by atoms with E-state index in [0.717, 1.165) is 60.3 Å². The zero-order chi connectivity index (χ0) is 20.5. The summed E-state index contributed by atoms with van der Waals surface area (Å²) in [5.41, 5.74) is 3.54. The Hall–Kier alpha value is -3.85. The molecule has 5 rings (SSSR count). The number of rotatable bonds is 4. The van der Waals surface area contributed by atoms with Gasteiger partial charge in [-0.15, -0.1) is 0 Å². The predicted molar refractivity (Wildman–Crippen MR) is 119 cm³/mol. The molecule has 2 bridgehead atoms. The van der Waals surface area contributed by atoms with Gasteiger partial charge in [0.2, 0.25) is 0 Å². The average Bonchev–Trinajstić information content (AvgIpc) is 2.80. The first kappa shape index (κ1) is 18.2. The highest BCUT2D eigenvalue weighted by Gasteiger charge is 2.36. The van der Waals surface area contributed by atoms with Crippen molar-refractivity contribution in [3.05, 3.63) is 78.8 Å². The maximum absolute atomic E-state index is 9.25. The Balaban J connectivity index is 1.56. The normalized spacial score (nSPS) is 17.1. The third-order valence-electron chi connectivity index (χ3n) is 5.70. The first-order valence-corrected chi connectivity index (χ1v) is 10.2. The van der Waals surface area contributed by atoms with Crippen LogP contribution in [0.4, 0.5) is 17.3 Å². The molecule has 0 saturated carbocycles. The molecule has 1 aromatic carbocycles. The lowest BCUT2D eigenvalue weighted by molar-refractivity contribution is 0.472. The third-order valence-corrected chi connectivity index (χ3v) is 5.70. The first-order chi connectivity index (χ1) is 14.7. The molecule has 30 heavy (non-hydrogen) atoms. The number of piperidine rings is 1. The zero-order valence-corrected chi connectivity index (χ0v) is 16.6. The van der Waals surface area contributed by atoms with Gasteiger partial charge in [0.1, 0.15) is 11.6 Å². The summed E-state index contributed by atoms with van der Waals surface area (Å²) in [6.07, 6.45) is 4.00. The van der Waals surface area contributed by atoms with Gasteiger partial charge in [-0.25, -0.2) is 9.97 Å². The summed E-state index contributed by atoms with van der Waals surface area (Å²) in [7, 11) is 0. The van der Waals surface area contributed by atoms with Gasteiger partial charge < -0.3 is 15.1 Å². The van der Waals surface area contributed by atoms with Crippen LogP contribution in [-0.4, -0.2) is 29.1 Å². The fourth-order valence-corrected chi connectivity index (χ4v) is 4.32. The molecule has 0 spiro atoms. The minimum absolute atomic E-state index is 0.308. The van der Waals surface area contributed by atoms with Gasteiger partial charge in [0.15, 0.2) is 5.82 Å². The second-order valence-corrected chi connectivity index (χ2v) is 7.63. The smallest absolute Gasteiger partial charge is 0.158 e. The number of nitrogens with one attached hydrogen (secondary N) is 1. The Labute approximate surface area is 176 Å². The predicted octanol–water partition coefficient (Wildman–Crippen LogP) is 4.39. The number of nitrogens with zero attached hydrogens (tertiary/aromatic N) is 5. The monoisotopic (exact) mass is 394 g/mol. The quantitative estimate of drug-likeness (QED) is 0.708. The van der Waals surface area contributed by atoms with Crippen molar-refractivity contribution in [2.75, 3.05) is 28.2 Å². The molecule has 0 unspecified atom stereocenters. The molecule has 1 N–H and O–H groups in total. The van der Waals surface area contributed by atoms with Gasteiger partial charge in [-0.2, -0.15) is 5.26 Å². The summed E-state index contributed by atoms with van der Waals surface area (Å²) < 4.78 is 0. The standard InChI is InChI=1S/C24H22N6/c1-17(27-23-9-2-3-12-26-23)30-20-8-5-13-29(16-20)22-11-10-21(28-24(22)30)19-7-4-6-18(14-19)15-25/h2-4,6-7,9-12,14,20H,1,5,8,13,16H2,(H,26,27)/t20-/m1/s1. The molecule has 4 heterocycles. The fraction of sp³-hybridized carbons (Fsp3) is 0.208. The molecule has 1 fully saturated rings. The van der Waals surface area contributed by atoms with Crippen LogP contribution in [0.2, 0.25) is 0 Å². The van der Waals surface area contributed by atoms with Gasteiger partial charge in [-0.05, 0) is 49.2 Å². The average molecular weight is 394 g/mol. The summed E-state index contributed by atoms with van der Waals surface area (Å²) in [4.78, 5) is 14.0. The highest BCUT2D eigenvalue weighted by Crippen LogP contribution is 2.41. The molecule has 1 atom stereocenters. The van der Waals surface area contributed by atoms with E-state index >= 15 is 0 Å². The van der Waals surface area contributed by atoms with Crippen molar-refractivity contribution in [1.82, 2.24) is 9.97 Å². The van der Waals surface area contributed by atoms with Gasteiger partial charge in [0.05, 0.1) is 29.1 Å². The van der Waals surface area contributed by atoms with E-state index < -0.39 is 0 Å². The second kappa shape index (κ2) is 7.53. The molecule has 0 amide bonds. The van der Waals surface area contributed by atoms with Gasteiger partial charge in [0, 0.05) is 24.8 Å². The van der Waals surface area contributed by atoms with E-state index in [1.54, 1.807) is 6.20 Å². The molecule has 2 aliphatic heterocycles. The Morgan fingerprint density at radius 1 is 1.17 bits per heavy atom. The number of fused-ring (bicyclic) bond motifs is 4. The number of nitriles is 1. The number of hydrogen-bond donors (Lipinski definition) is 1. The van der Waals surface area contributed by atoms with Crippen LogP contribution in [0.1, 0.15) is 18.4 Å². The molecule has 3 aromatic rings. The van der Waals surface area contributed by atoms with Crippen molar-refractivity contribution in [3.63, 3.8) is 0 Å². The fourth-order valence-electron chi connectivity index (χ4n) is 4.32. The number of aromatic nitrogens is 2. The second-order valence-electron chi connectivity index (χ2n) is 7.63. The first-order valence-electron chi connectivity index (χ1n) is 10.2. The summed E-state index contributed by atoms with van der Waals surface area (Å²) in [5.74, 6) is 2.44. The van der Waals surface area contributed by atoms with E-state index in [9.17, 15) is 5.26 Å². The maximum Gasteiger partial charge on any atom is 0.158 e. The van der Waals surface area contributed by atoms with Gasteiger partial charge >= 0.3 is 0 Å². The Bertz CT molecular complexity index is 1130. The maximum atomic E-state index is 9.25. The summed E-state index contributed by atoms with van der Waals surface area (Å²) in [5, 5.41) is 12.6. The number of benzene rings is 1. The third kappa shape index (κ3) is 3.25. The molecule has 6 heteroatoms. The molecule has 2 aliphatic rings. The number of anilines is 3. The van der Waals surface area contributed by atoms with Crippen LogP contribution in [0.5, 0.6) is 0 Å². The van der Waals surface area contributed by atoms with Crippen molar-refractivity contribution < 1.29 is 0 Å². The highest BCUT2D eigenvalue weighted by molar-refractivity contribution is 5.77. The lowest BCUT2D eigenvalue weighted by Gasteiger charge is -2.47. The van der Waals surface area contributed by atoms with Crippen molar-refractivity contribution in [2.24, 2.45) is 0 Å². The van der Waals surface area contributed by atoms with Crippen LogP contribution >= 0.6 is 0 Å². The summed E-state index contributed by atoms with van der Waals surface area (Å²) >= 11 is 0. The van der Waals surface area contributed by atoms with Gasteiger partial charge in [0.25, 0.3) is 0 Å². The highest BCUT2D eigenvalue weighted by atomic mass is 15.4. The molecular weight excluding hydrogens is 372 g/mol. The molecule has 6 nitrogen and oxygen atoms in total. The largest absolute Gasteiger partial charge is 0.366 e. The molecule has 0 radical (unpaired) electrons. The molecule has 1 saturated heterocycles. The SMILES string of the molecule is C=C(Nc1ccccn1)N1c2nc(-c3cccc(C#N)c3)ccc2N2CCC[C@@H]1C2. The van der Waals surface area contributed by atoms with Crippen molar-refractivity contribution in [3.8, 4) is 17.3 Å². The minimum atomic E-state index is 0.308. The van der Waals surface area contributed by atoms with E-state index in [1.165, 1.54) is 0 Å². The Morgan fingerprint density at radius 2 is 2.10 bits per heavy atom. The van der Waals surface area contributed by atoms with Crippen LogP contribution in [0.25, 0.3) is 11.3 Å². The van der Waals surface area contributed by atoms with Crippen LogP contribution in [0, 0.1) is 11.3 Å². The van der Waals surface area contributed by atoms with E-state index in [1.807, 2.05) is 48.5 Å². The number of hydrogen-bond acceptors (Lipinski definition) is 6. The Kier molecular flexibility index (Phi) is 4.56. The lowest BCUT2D eigenvalue weighted by atomic mass is 9.99. The van der Waals surface area contributed by atoms with Gasteiger partial charge in [-0.3, -0.25) is 0 Å². The number of pyridine rings is 2. The van der Waals surface area contributed by atoms with Crippen LogP contribution < -0.4 is 15.1 Å². The minimum Gasteiger partial charge on any atom is -0.366 e. The molecule has 2 aromatic heterocycles. The van der Waals surface area contributed by atoms with E-state index in [2.05, 4.69) is 38.8 Å². The summed E-state index contributed by atoms with van der Waals surface area (Å²) in [6, 6.07) is 20.0. The van der Waals surface area contributed by atoms with Crippen LogP contribution in [0.15, 0.2) is 73.2 Å². The van der Waals surface area contributed by atoms with E-state index in [-0.39, 0.29) is 0 Å². The van der Waals surface area contributed by atoms with Crippen LogP contribution in [-0.2, 0) is 0 Å². The summed E-state index contributed by atoms with van der Waals surface area (Å²) in [6.45, 7) is 6.33. The van der Waals surface area contributed by atoms with E-state index in [4.69, 9.17) is 4.98 Å². The van der Waals surface area contributed by atoms with Crippen molar-refractivity contribution in [2.45, 2.75) is 18.9 Å². The Morgan fingerprint density at radius 3 is 2.93 bits per heavy atom. The van der Waals surface area contributed by atoms with Gasteiger partial charge in [-0.1, -0.05) is 24.8 Å². The van der Waals surface area contributed by atoms with Crippen molar-refractivity contribution >= 4 is 17.3 Å². The molecule has 0 aliphatic carbocycles. The van der Waals surface area contributed by atoms with E-state index in [0.29, 0.717) is 11.6 Å². The van der Waals surface area contributed by atoms with Crippen molar-refractivity contribution in [1.29, 1.82) is 5.26 Å². The lowest BCUT2D eigenvalue weighted by Crippen LogP contribution is -2.53. The zero-order valence-electron chi connectivity index (χ0n) is 16.6. The molecular formula is C24H22N6.